The number of ether oxygens (including phenoxy) is 3. The summed E-state index contributed by atoms with van der Waals surface area (Å²) in [5, 5.41) is 2.37. The van der Waals surface area contributed by atoms with Gasteiger partial charge < -0.3 is 25.3 Å². The number of hydrogen-bond donors (Lipinski definition) is 2. The Hall–Kier alpha value is -2.69. The van der Waals surface area contributed by atoms with Crippen molar-refractivity contribution in [3.05, 3.63) is 51.5 Å². The lowest BCUT2D eigenvalue weighted by Crippen LogP contribution is -2.22. The van der Waals surface area contributed by atoms with Gasteiger partial charge in [0.15, 0.2) is 6.61 Å². The highest BCUT2D eigenvalue weighted by atomic mass is 35.5. The molecule has 0 spiro atoms. The molecule has 2 aromatic carbocycles. The zero-order chi connectivity index (χ0) is 23.2. The topological polar surface area (TPSA) is 99.9 Å². The van der Waals surface area contributed by atoms with Crippen LogP contribution in [0.5, 0.6) is 5.75 Å². The van der Waals surface area contributed by atoms with E-state index in [0.29, 0.717) is 6.07 Å². The van der Waals surface area contributed by atoms with Crippen LogP contribution in [0.2, 0.25) is 10.0 Å². The first kappa shape index (κ1) is 24.6. The molecule has 0 bridgehead atoms. The zero-order valence-corrected chi connectivity index (χ0v) is 17.5. The second kappa shape index (κ2) is 10.6. The molecule has 2 aromatic rings. The van der Waals surface area contributed by atoms with Gasteiger partial charge in [0.2, 0.25) is 0 Å². The highest BCUT2D eigenvalue weighted by Gasteiger charge is 2.31. The maximum absolute atomic E-state index is 13.0. The second-order valence-corrected chi connectivity index (χ2v) is 6.87. The smallest absolute Gasteiger partial charge is 0.416 e. The minimum atomic E-state index is -4.64. The SMILES string of the molecule is COCCOc1ccc(C(F)(F)F)cc1NC(=O)COC(=O)c1cc(Cl)cc(Cl)c1N. The van der Waals surface area contributed by atoms with Crippen molar-refractivity contribution >= 4 is 46.5 Å². The Morgan fingerprint density at radius 1 is 1.13 bits per heavy atom. The maximum atomic E-state index is 13.0. The molecule has 12 heteroatoms. The molecule has 1 amide bonds. The van der Waals surface area contributed by atoms with E-state index in [1.807, 2.05) is 0 Å². The number of methoxy groups -OCH3 is 1. The Labute approximate surface area is 185 Å². The van der Waals surface area contributed by atoms with Gasteiger partial charge in [0.25, 0.3) is 5.91 Å². The number of anilines is 2. The monoisotopic (exact) mass is 480 g/mol. The number of nitrogens with two attached hydrogens (primary N) is 1. The van der Waals surface area contributed by atoms with Crippen molar-refractivity contribution in [1.29, 1.82) is 0 Å². The normalized spacial score (nSPS) is 11.2. The maximum Gasteiger partial charge on any atom is 0.416 e. The van der Waals surface area contributed by atoms with Crippen molar-refractivity contribution in [2.45, 2.75) is 6.18 Å². The van der Waals surface area contributed by atoms with Crippen LogP contribution in [-0.2, 0) is 20.4 Å². The number of amides is 1. The number of carbonyl (C=O) groups is 2. The average Bonchev–Trinajstić information content (AvgIpc) is 2.69. The fourth-order valence-electron chi connectivity index (χ4n) is 2.31. The molecule has 0 saturated carbocycles. The van der Waals surface area contributed by atoms with Crippen molar-refractivity contribution in [2.75, 3.05) is 38.0 Å². The molecule has 2 rings (SSSR count). The minimum absolute atomic E-state index is 0.0180. The van der Waals surface area contributed by atoms with Crippen LogP contribution in [0.25, 0.3) is 0 Å². The summed E-state index contributed by atoms with van der Waals surface area (Å²) >= 11 is 11.7. The zero-order valence-electron chi connectivity index (χ0n) is 16.0. The van der Waals surface area contributed by atoms with Crippen molar-refractivity contribution in [3.63, 3.8) is 0 Å². The highest BCUT2D eigenvalue weighted by Crippen LogP contribution is 2.35. The molecule has 3 N–H and O–H groups in total. The van der Waals surface area contributed by atoms with Gasteiger partial charge in [-0.3, -0.25) is 4.79 Å². The third kappa shape index (κ3) is 6.91. The lowest BCUT2D eigenvalue weighted by molar-refractivity contribution is -0.137. The number of benzene rings is 2. The Kier molecular flexibility index (Phi) is 8.37. The first-order chi connectivity index (χ1) is 14.5. The number of hydrogen-bond acceptors (Lipinski definition) is 6. The van der Waals surface area contributed by atoms with E-state index >= 15 is 0 Å². The molecule has 0 heterocycles. The quantitative estimate of drug-likeness (QED) is 0.329. The molecule has 0 aliphatic rings. The molecule has 168 valence electrons. The van der Waals surface area contributed by atoms with Gasteiger partial charge in [-0.1, -0.05) is 23.2 Å². The summed E-state index contributed by atoms with van der Waals surface area (Å²) in [6.45, 7) is -0.597. The minimum Gasteiger partial charge on any atom is -0.489 e. The summed E-state index contributed by atoms with van der Waals surface area (Å²) in [4.78, 5) is 24.3. The summed E-state index contributed by atoms with van der Waals surface area (Å²) in [5.74, 6) is -1.91. The van der Waals surface area contributed by atoms with Gasteiger partial charge in [-0.05, 0) is 30.3 Å². The van der Waals surface area contributed by atoms with Gasteiger partial charge in [-0.2, -0.15) is 13.2 Å². The molecule has 0 saturated heterocycles. The third-order valence-corrected chi connectivity index (χ3v) is 4.31. The molecule has 0 unspecified atom stereocenters. The molecular formula is C19H17Cl2F3N2O5. The standard InChI is InChI=1S/C19H17Cl2F3N2O5/c1-29-4-5-30-15-3-2-10(19(22,23)24)6-14(15)26-16(27)9-31-18(28)12-7-11(20)8-13(21)17(12)25/h2-3,6-8H,4-5,9,25H2,1H3,(H,26,27). The van der Waals surface area contributed by atoms with Crippen molar-refractivity contribution < 1.29 is 37.0 Å². The third-order valence-electron chi connectivity index (χ3n) is 3.77. The lowest BCUT2D eigenvalue weighted by atomic mass is 10.1. The van der Waals surface area contributed by atoms with Gasteiger partial charge in [0, 0.05) is 12.1 Å². The summed E-state index contributed by atoms with van der Waals surface area (Å²) < 4.78 is 54.0. The van der Waals surface area contributed by atoms with Crippen molar-refractivity contribution in [1.82, 2.24) is 0 Å². The van der Waals surface area contributed by atoms with E-state index in [9.17, 15) is 22.8 Å². The van der Waals surface area contributed by atoms with E-state index < -0.39 is 30.2 Å². The number of rotatable bonds is 8. The summed E-state index contributed by atoms with van der Waals surface area (Å²) in [6, 6.07) is 5.10. The van der Waals surface area contributed by atoms with Crippen LogP contribution in [-0.4, -0.2) is 38.8 Å². The van der Waals surface area contributed by atoms with E-state index in [2.05, 4.69) is 5.32 Å². The van der Waals surface area contributed by atoms with Crippen LogP contribution < -0.4 is 15.8 Å². The van der Waals surface area contributed by atoms with Crippen LogP contribution in [0.15, 0.2) is 30.3 Å². The largest absolute Gasteiger partial charge is 0.489 e. The predicted molar refractivity (Wildman–Crippen MR) is 109 cm³/mol. The molecule has 0 aliphatic carbocycles. The van der Waals surface area contributed by atoms with Crippen LogP contribution in [0.1, 0.15) is 15.9 Å². The van der Waals surface area contributed by atoms with Gasteiger partial charge >= 0.3 is 12.1 Å². The molecule has 0 aromatic heterocycles. The van der Waals surface area contributed by atoms with Crippen LogP contribution in [0, 0.1) is 0 Å². The molecule has 7 nitrogen and oxygen atoms in total. The fraction of sp³-hybridized carbons (Fsp3) is 0.263. The number of halogens is 5. The number of nitrogen functional groups attached to an aromatic ring is 1. The van der Waals surface area contributed by atoms with Gasteiger partial charge in [0.05, 0.1) is 34.1 Å². The van der Waals surface area contributed by atoms with Gasteiger partial charge in [-0.25, -0.2) is 4.79 Å². The molecule has 0 atom stereocenters. The number of alkyl halides is 3. The first-order valence-electron chi connectivity index (χ1n) is 8.57. The van der Waals surface area contributed by atoms with E-state index in [-0.39, 0.29) is 45.9 Å². The molecular weight excluding hydrogens is 464 g/mol. The van der Waals surface area contributed by atoms with E-state index in [1.54, 1.807) is 0 Å². The fourth-order valence-corrected chi connectivity index (χ4v) is 2.81. The summed E-state index contributed by atoms with van der Waals surface area (Å²) in [6.07, 6.45) is -4.64. The van der Waals surface area contributed by atoms with Crippen LogP contribution in [0.4, 0.5) is 24.5 Å². The number of carbonyl (C=O) groups excluding carboxylic acids is 2. The Morgan fingerprint density at radius 2 is 1.84 bits per heavy atom. The highest BCUT2D eigenvalue weighted by molar-refractivity contribution is 6.37. The number of esters is 1. The molecule has 0 aliphatic heterocycles. The Bertz CT molecular complexity index is 970. The second-order valence-electron chi connectivity index (χ2n) is 6.02. The first-order valence-corrected chi connectivity index (χ1v) is 9.33. The van der Waals surface area contributed by atoms with Crippen LogP contribution >= 0.6 is 23.2 Å². The van der Waals surface area contributed by atoms with E-state index in [1.165, 1.54) is 19.2 Å². The van der Waals surface area contributed by atoms with Crippen molar-refractivity contribution in [3.8, 4) is 5.75 Å². The van der Waals surface area contributed by atoms with Gasteiger partial charge in [0.1, 0.15) is 12.4 Å². The average molecular weight is 481 g/mol. The van der Waals surface area contributed by atoms with Crippen LogP contribution in [0.3, 0.4) is 0 Å². The van der Waals surface area contributed by atoms with E-state index in [4.69, 9.17) is 43.1 Å². The molecule has 0 radical (unpaired) electrons. The summed E-state index contributed by atoms with van der Waals surface area (Å²) in [7, 11) is 1.42. The Morgan fingerprint density at radius 3 is 2.48 bits per heavy atom. The lowest BCUT2D eigenvalue weighted by Gasteiger charge is -2.15. The van der Waals surface area contributed by atoms with Crippen molar-refractivity contribution in [2.24, 2.45) is 0 Å². The van der Waals surface area contributed by atoms with Gasteiger partial charge in [-0.15, -0.1) is 0 Å². The number of nitrogens with one attached hydrogen (secondary N) is 1. The summed E-state index contributed by atoms with van der Waals surface area (Å²) in [5.41, 5.74) is 4.19. The molecule has 0 fully saturated rings. The van der Waals surface area contributed by atoms with E-state index in [0.717, 1.165) is 12.1 Å². The predicted octanol–water partition coefficient (Wildman–Crippen LogP) is 4.42. The molecule has 31 heavy (non-hydrogen) atoms. The Balaban J connectivity index is 2.12.